The monoisotopic (exact) mass is 370 g/mol. The Hall–Kier alpha value is -3.38. The third kappa shape index (κ3) is 2.32. The number of hydrogen-bond donors (Lipinski definition) is 0. The maximum Gasteiger partial charge on any atom is 0.0159 e. The first kappa shape index (κ1) is 16.6. The minimum atomic E-state index is 0.0340. The van der Waals surface area contributed by atoms with E-state index in [1.165, 1.54) is 54.9 Å². The van der Waals surface area contributed by atoms with E-state index in [-0.39, 0.29) is 5.41 Å². The zero-order chi connectivity index (χ0) is 19.6. The normalized spacial score (nSPS) is 14.1. The zero-order valence-corrected chi connectivity index (χ0v) is 16.7. The van der Waals surface area contributed by atoms with Gasteiger partial charge in [0.2, 0.25) is 0 Å². The summed E-state index contributed by atoms with van der Waals surface area (Å²) in [5, 5.41) is 5.29. The predicted octanol–water partition coefficient (Wildman–Crippen LogP) is 7.97. The van der Waals surface area contributed by atoms with Crippen LogP contribution in [0.2, 0.25) is 0 Å². The fourth-order valence-electron chi connectivity index (χ4n) is 5.07. The van der Waals surface area contributed by atoms with Gasteiger partial charge in [0.15, 0.2) is 0 Å². The lowest BCUT2D eigenvalue weighted by atomic mass is 9.81. The van der Waals surface area contributed by atoms with Crippen LogP contribution in [-0.2, 0) is 5.41 Å². The van der Waals surface area contributed by atoms with Crippen LogP contribution in [0.5, 0.6) is 0 Å². The van der Waals surface area contributed by atoms with Gasteiger partial charge in [0.05, 0.1) is 0 Å². The summed E-state index contributed by atoms with van der Waals surface area (Å²) in [6.07, 6.45) is 0. The molecule has 0 atom stereocenters. The van der Waals surface area contributed by atoms with Gasteiger partial charge in [-0.05, 0) is 73.1 Å². The summed E-state index contributed by atoms with van der Waals surface area (Å²) < 4.78 is 0. The quantitative estimate of drug-likeness (QED) is 0.262. The Morgan fingerprint density at radius 3 is 2.03 bits per heavy atom. The van der Waals surface area contributed by atoms with Crippen LogP contribution >= 0.6 is 0 Å². The summed E-state index contributed by atoms with van der Waals surface area (Å²) in [6.45, 7) is 4.70. The topological polar surface area (TPSA) is 0 Å². The molecule has 0 heterocycles. The van der Waals surface area contributed by atoms with Gasteiger partial charge in [0, 0.05) is 5.41 Å². The molecule has 29 heavy (non-hydrogen) atoms. The van der Waals surface area contributed by atoms with E-state index in [0.717, 1.165) is 0 Å². The maximum atomic E-state index is 2.44. The van der Waals surface area contributed by atoms with E-state index >= 15 is 0 Å². The number of benzene rings is 5. The lowest BCUT2D eigenvalue weighted by molar-refractivity contribution is 0.661. The molecule has 0 saturated heterocycles. The average Bonchev–Trinajstić information content (AvgIpc) is 2.99. The first-order valence-corrected chi connectivity index (χ1v) is 10.3. The Kier molecular flexibility index (Phi) is 3.32. The largest absolute Gasteiger partial charge is 0.0622 e. The van der Waals surface area contributed by atoms with Gasteiger partial charge in [-0.15, -0.1) is 0 Å². The van der Waals surface area contributed by atoms with Crippen molar-refractivity contribution in [3.63, 3.8) is 0 Å². The minimum Gasteiger partial charge on any atom is -0.0622 e. The molecule has 0 radical (unpaired) electrons. The number of rotatable bonds is 1. The molecule has 0 nitrogen and oxygen atoms in total. The average molecular weight is 370 g/mol. The Labute approximate surface area is 171 Å². The van der Waals surface area contributed by atoms with Crippen LogP contribution < -0.4 is 0 Å². The molecule has 0 N–H and O–H groups in total. The lowest BCUT2D eigenvalue weighted by Gasteiger charge is -2.22. The molecule has 1 aliphatic carbocycles. The molecule has 0 heteroatoms. The van der Waals surface area contributed by atoms with E-state index in [1.807, 2.05) is 0 Å². The Morgan fingerprint density at radius 2 is 1.21 bits per heavy atom. The molecule has 1 aliphatic rings. The molecule has 6 rings (SSSR count). The van der Waals surface area contributed by atoms with Crippen molar-refractivity contribution in [1.82, 2.24) is 0 Å². The molecule has 0 fully saturated rings. The van der Waals surface area contributed by atoms with Gasteiger partial charge in [-0.1, -0.05) is 92.7 Å². The molecular weight excluding hydrogens is 348 g/mol. The van der Waals surface area contributed by atoms with Crippen molar-refractivity contribution < 1.29 is 0 Å². The fraction of sp³-hybridized carbons (Fsp3) is 0.103. The molecule has 0 saturated carbocycles. The van der Waals surface area contributed by atoms with Gasteiger partial charge in [-0.25, -0.2) is 0 Å². The molecule has 0 spiro atoms. The third-order valence-electron chi connectivity index (χ3n) is 6.64. The summed E-state index contributed by atoms with van der Waals surface area (Å²) in [5.74, 6) is 0. The molecule has 0 aliphatic heterocycles. The first-order valence-electron chi connectivity index (χ1n) is 10.3. The van der Waals surface area contributed by atoms with Crippen LogP contribution in [-0.4, -0.2) is 0 Å². The molecule has 0 unspecified atom stereocenters. The third-order valence-corrected chi connectivity index (χ3v) is 6.64. The van der Waals surface area contributed by atoms with E-state index in [9.17, 15) is 0 Å². The van der Waals surface area contributed by atoms with Crippen molar-refractivity contribution >= 4 is 21.5 Å². The van der Waals surface area contributed by atoms with E-state index in [2.05, 4.69) is 111 Å². The van der Waals surface area contributed by atoms with Crippen molar-refractivity contribution in [3.8, 4) is 22.3 Å². The van der Waals surface area contributed by atoms with Crippen LogP contribution in [0.15, 0.2) is 97.1 Å². The van der Waals surface area contributed by atoms with Gasteiger partial charge >= 0.3 is 0 Å². The second-order valence-electron chi connectivity index (χ2n) is 8.66. The van der Waals surface area contributed by atoms with Crippen molar-refractivity contribution in [3.05, 3.63) is 108 Å². The van der Waals surface area contributed by atoms with Crippen LogP contribution in [0.1, 0.15) is 25.0 Å². The maximum absolute atomic E-state index is 2.44. The van der Waals surface area contributed by atoms with Crippen LogP contribution in [0, 0.1) is 0 Å². The highest BCUT2D eigenvalue weighted by Crippen LogP contribution is 2.50. The molecule has 5 aromatic carbocycles. The SMILES string of the molecule is CC1(C)c2ccccc2-c2cc3ccc4cc(-c5ccccc5)ccc4c3cc21. The molecule has 5 aromatic rings. The summed E-state index contributed by atoms with van der Waals surface area (Å²) in [4.78, 5) is 0. The number of fused-ring (bicyclic) bond motifs is 6. The van der Waals surface area contributed by atoms with Crippen LogP contribution in [0.3, 0.4) is 0 Å². The van der Waals surface area contributed by atoms with Crippen LogP contribution in [0.4, 0.5) is 0 Å². The van der Waals surface area contributed by atoms with E-state index in [1.54, 1.807) is 0 Å². The van der Waals surface area contributed by atoms with Gasteiger partial charge in [-0.2, -0.15) is 0 Å². The Bertz CT molecular complexity index is 1400. The smallest absolute Gasteiger partial charge is 0.0159 e. The van der Waals surface area contributed by atoms with E-state index in [0.29, 0.717) is 0 Å². The highest BCUT2D eigenvalue weighted by molar-refractivity contribution is 6.10. The minimum absolute atomic E-state index is 0.0340. The van der Waals surface area contributed by atoms with Crippen molar-refractivity contribution in [2.24, 2.45) is 0 Å². The Balaban J connectivity index is 1.61. The highest BCUT2D eigenvalue weighted by Gasteiger charge is 2.35. The second-order valence-corrected chi connectivity index (χ2v) is 8.66. The summed E-state index contributed by atoms with van der Waals surface area (Å²) in [7, 11) is 0. The highest BCUT2D eigenvalue weighted by atomic mass is 14.4. The Morgan fingerprint density at radius 1 is 0.483 bits per heavy atom. The standard InChI is InChI=1S/C29H22/c1-29(2)27-11-7-6-10-24(27)26-17-22-13-12-21-16-20(19-8-4-3-5-9-19)14-15-23(21)25(22)18-28(26)29/h3-18H,1-2H3. The first-order chi connectivity index (χ1) is 14.1. The van der Waals surface area contributed by atoms with Gasteiger partial charge in [0.25, 0.3) is 0 Å². The van der Waals surface area contributed by atoms with Gasteiger partial charge < -0.3 is 0 Å². The lowest BCUT2D eigenvalue weighted by Crippen LogP contribution is -2.14. The van der Waals surface area contributed by atoms with Crippen LogP contribution in [0.25, 0.3) is 43.8 Å². The van der Waals surface area contributed by atoms with Gasteiger partial charge in [0.1, 0.15) is 0 Å². The molecule has 0 bridgehead atoms. The van der Waals surface area contributed by atoms with Crippen molar-refractivity contribution in [1.29, 1.82) is 0 Å². The molecule has 0 amide bonds. The second kappa shape index (κ2) is 5.81. The molecule has 0 aromatic heterocycles. The van der Waals surface area contributed by atoms with E-state index in [4.69, 9.17) is 0 Å². The summed E-state index contributed by atoms with van der Waals surface area (Å²) in [5.41, 5.74) is 8.21. The fourth-order valence-corrected chi connectivity index (χ4v) is 5.07. The summed E-state index contributed by atoms with van der Waals surface area (Å²) in [6, 6.07) is 35.7. The van der Waals surface area contributed by atoms with Gasteiger partial charge in [-0.3, -0.25) is 0 Å². The van der Waals surface area contributed by atoms with Crippen molar-refractivity contribution in [2.75, 3.05) is 0 Å². The number of hydrogen-bond acceptors (Lipinski definition) is 0. The van der Waals surface area contributed by atoms with Crippen molar-refractivity contribution in [2.45, 2.75) is 19.3 Å². The van der Waals surface area contributed by atoms with E-state index < -0.39 is 0 Å². The molecule has 138 valence electrons. The summed E-state index contributed by atoms with van der Waals surface area (Å²) >= 11 is 0. The zero-order valence-electron chi connectivity index (χ0n) is 16.7. The molecular formula is C29H22. The predicted molar refractivity (Wildman–Crippen MR) is 124 cm³/mol.